The SMILES string of the molecule is CS(=O)(=O)c1ccc(N2CCN(C(=O)C3CCCO3)CC2)cc1. The lowest BCUT2D eigenvalue weighted by Crippen LogP contribution is -2.51. The Balaban J connectivity index is 1.59. The predicted octanol–water partition coefficient (Wildman–Crippen LogP) is 0.918. The Morgan fingerprint density at radius 3 is 2.30 bits per heavy atom. The number of carbonyl (C=O) groups excluding carboxylic acids is 1. The molecule has 6 nitrogen and oxygen atoms in total. The number of carbonyl (C=O) groups is 1. The smallest absolute Gasteiger partial charge is 0.251 e. The van der Waals surface area contributed by atoms with Crippen LogP contribution in [0.3, 0.4) is 0 Å². The maximum Gasteiger partial charge on any atom is 0.251 e. The van der Waals surface area contributed by atoms with E-state index in [-0.39, 0.29) is 12.0 Å². The van der Waals surface area contributed by atoms with E-state index in [2.05, 4.69) is 4.90 Å². The first kappa shape index (κ1) is 16.3. The Morgan fingerprint density at radius 1 is 1.13 bits per heavy atom. The number of benzene rings is 1. The molecule has 2 aliphatic rings. The van der Waals surface area contributed by atoms with E-state index in [1.54, 1.807) is 12.1 Å². The van der Waals surface area contributed by atoms with E-state index >= 15 is 0 Å². The van der Waals surface area contributed by atoms with Gasteiger partial charge in [0.2, 0.25) is 0 Å². The molecule has 0 radical (unpaired) electrons. The van der Waals surface area contributed by atoms with Crippen LogP contribution in [0.15, 0.2) is 29.2 Å². The number of rotatable bonds is 3. The molecular formula is C16H22N2O4S. The Morgan fingerprint density at radius 2 is 1.78 bits per heavy atom. The van der Waals surface area contributed by atoms with Crippen molar-refractivity contribution in [1.29, 1.82) is 0 Å². The second-order valence-corrected chi connectivity index (χ2v) is 8.10. The van der Waals surface area contributed by atoms with E-state index in [0.29, 0.717) is 24.6 Å². The summed E-state index contributed by atoms with van der Waals surface area (Å²) in [6, 6.07) is 6.92. The highest BCUT2D eigenvalue weighted by atomic mass is 32.2. The number of nitrogens with zero attached hydrogens (tertiary/aromatic N) is 2. The normalized spacial score (nSPS) is 22.4. The first-order valence-electron chi connectivity index (χ1n) is 7.90. The Kier molecular flexibility index (Phi) is 4.59. The third-order valence-corrected chi connectivity index (χ3v) is 5.55. The fourth-order valence-electron chi connectivity index (χ4n) is 3.07. The van der Waals surface area contributed by atoms with Gasteiger partial charge in [-0.2, -0.15) is 0 Å². The van der Waals surface area contributed by atoms with Crippen LogP contribution in [0.2, 0.25) is 0 Å². The fourth-order valence-corrected chi connectivity index (χ4v) is 3.70. The molecule has 2 aliphatic heterocycles. The lowest BCUT2D eigenvalue weighted by molar-refractivity contribution is -0.141. The van der Waals surface area contributed by atoms with Gasteiger partial charge in [-0.1, -0.05) is 0 Å². The molecule has 1 aromatic carbocycles. The Hall–Kier alpha value is -1.60. The lowest BCUT2D eigenvalue weighted by Gasteiger charge is -2.37. The van der Waals surface area contributed by atoms with Gasteiger partial charge in [-0.15, -0.1) is 0 Å². The molecule has 0 aliphatic carbocycles. The number of hydrogen-bond donors (Lipinski definition) is 0. The van der Waals surface area contributed by atoms with Crippen LogP contribution in [-0.4, -0.2) is 64.4 Å². The van der Waals surface area contributed by atoms with E-state index in [1.165, 1.54) is 6.26 Å². The fraction of sp³-hybridized carbons (Fsp3) is 0.562. The molecule has 126 valence electrons. The van der Waals surface area contributed by atoms with Gasteiger partial charge >= 0.3 is 0 Å². The lowest BCUT2D eigenvalue weighted by atomic mass is 10.2. The molecule has 1 atom stereocenters. The van der Waals surface area contributed by atoms with E-state index in [1.807, 2.05) is 17.0 Å². The zero-order valence-electron chi connectivity index (χ0n) is 13.3. The first-order chi connectivity index (χ1) is 10.9. The van der Waals surface area contributed by atoms with Crippen LogP contribution in [0.4, 0.5) is 5.69 Å². The summed E-state index contributed by atoms with van der Waals surface area (Å²) in [5.74, 6) is 0.106. The van der Waals surface area contributed by atoms with E-state index < -0.39 is 9.84 Å². The van der Waals surface area contributed by atoms with Crippen molar-refractivity contribution in [3.8, 4) is 0 Å². The molecule has 2 heterocycles. The minimum atomic E-state index is -3.17. The summed E-state index contributed by atoms with van der Waals surface area (Å²) in [4.78, 5) is 16.7. The number of piperazine rings is 1. The molecule has 0 N–H and O–H groups in total. The second kappa shape index (κ2) is 6.49. The molecule has 0 aromatic heterocycles. The second-order valence-electron chi connectivity index (χ2n) is 6.08. The molecule has 0 bridgehead atoms. The number of anilines is 1. The Bertz CT molecular complexity index is 658. The summed E-state index contributed by atoms with van der Waals surface area (Å²) in [5.41, 5.74) is 0.988. The highest BCUT2D eigenvalue weighted by molar-refractivity contribution is 7.90. The summed E-state index contributed by atoms with van der Waals surface area (Å²) in [6.45, 7) is 3.52. The average molecular weight is 338 g/mol. The molecule has 1 aromatic rings. The van der Waals surface area contributed by atoms with Crippen LogP contribution in [-0.2, 0) is 19.4 Å². The largest absolute Gasteiger partial charge is 0.368 e. The maximum atomic E-state index is 12.3. The van der Waals surface area contributed by atoms with Gasteiger partial charge in [0, 0.05) is 44.7 Å². The number of amides is 1. The zero-order chi connectivity index (χ0) is 16.4. The van der Waals surface area contributed by atoms with Crippen LogP contribution in [0.5, 0.6) is 0 Å². The van der Waals surface area contributed by atoms with E-state index in [4.69, 9.17) is 4.74 Å². The third-order valence-electron chi connectivity index (χ3n) is 4.43. The van der Waals surface area contributed by atoms with Gasteiger partial charge in [-0.05, 0) is 37.1 Å². The standard InChI is InChI=1S/C16H22N2O4S/c1-23(20,21)14-6-4-13(5-7-14)17-8-10-18(11-9-17)16(19)15-3-2-12-22-15/h4-7,15H,2-3,8-12H2,1H3. The van der Waals surface area contributed by atoms with Crippen LogP contribution in [0.25, 0.3) is 0 Å². The van der Waals surface area contributed by atoms with Crippen molar-refractivity contribution < 1.29 is 17.9 Å². The van der Waals surface area contributed by atoms with Gasteiger partial charge in [0.25, 0.3) is 5.91 Å². The number of sulfone groups is 1. The maximum absolute atomic E-state index is 12.3. The highest BCUT2D eigenvalue weighted by Gasteiger charge is 2.30. The van der Waals surface area contributed by atoms with Crippen molar-refractivity contribution in [2.24, 2.45) is 0 Å². The highest BCUT2D eigenvalue weighted by Crippen LogP contribution is 2.21. The third kappa shape index (κ3) is 3.67. The summed E-state index contributed by atoms with van der Waals surface area (Å²) < 4.78 is 28.5. The molecule has 7 heteroatoms. The van der Waals surface area contributed by atoms with Crippen molar-refractivity contribution in [1.82, 2.24) is 4.90 Å². The average Bonchev–Trinajstić information content (AvgIpc) is 3.08. The molecule has 2 fully saturated rings. The van der Waals surface area contributed by atoms with Gasteiger partial charge < -0.3 is 14.5 Å². The topological polar surface area (TPSA) is 66.9 Å². The molecule has 2 saturated heterocycles. The van der Waals surface area contributed by atoms with Crippen molar-refractivity contribution in [2.45, 2.75) is 23.8 Å². The van der Waals surface area contributed by atoms with Crippen molar-refractivity contribution in [2.75, 3.05) is 43.9 Å². The number of ether oxygens (including phenoxy) is 1. The molecule has 1 amide bonds. The molecule has 3 rings (SSSR count). The number of hydrogen-bond acceptors (Lipinski definition) is 5. The molecule has 1 unspecified atom stereocenters. The van der Waals surface area contributed by atoms with E-state index in [9.17, 15) is 13.2 Å². The quantitative estimate of drug-likeness (QED) is 0.820. The van der Waals surface area contributed by atoms with Crippen LogP contribution in [0.1, 0.15) is 12.8 Å². The van der Waals surface area contributed by atoms with Gasteiger partial charge in [-0.25, -0.2) is 8.42 Å². The van der Waals surface area contributed by atoms with Gasteiger partial charge in [0.05, 0.1) is 4.90 Å². The van der Waals surface area contributed by atoms with Crippen LogP contribution < -0.4 is 4.90 Å². The molecule has 23 heavy (non-hydrogen) atoms. The minimum absolute atomic E-state index is 0.106. The van der Waals surface area contributed by atoms with Gasteiger partial charge in [-0.3, -0.25) is 4.79 Å². The Labute approximate surface area is 136 Å². The molecular weight excluding hydrogens is 316 g/mol. The monoisotopic (exact) mass is 338 g/mol. The van der Waals surface area contributed by atoms with Gasteiger partial charge in [0.15, 0.2) is 9.84 Å². The predicted molar refractivity (Wildman–Crippen MR) is 87.3 cm³/mol. The summed E-state index contributed by atoms with van der Waals surface area (Å²) in [5, 5.41) is 0. The zero-order valence-corrected chi connectivity index (χ0v) is 14.1. The van der Waals surface area contributed by atoms with Gasteiger partial charge in [0.1, 0.15) is 6.10 Å². The first-order valence-corrected chi connectivity index (χ1v) is 9.80. The summed E-state index contributed by atoms with van der Waals surface area (Å²) in [6.07, 6.45) is 2.74. The molecule has 0 spiro atoms. The summed E-state index contributed by atoms with van der Waals surface area (Å²) in [7, 11) is -3.17. The van der Waals surface area contributed by atoms with Crippen molar-refractivity contribution in [3.05, 3.63) is 24.3 Å². The van der Waals surface area contributed by atoms with Crippen LogP contribution >= 0.6 is 0 Å². The summed E-state index contributed by atoms with van der Waals surface area (Å²) >= 11 is 0. The van der Waals surface area contributed by atoms with E-state index in [0.717, 1.165) is 31.6 Å². The van der Waals surface area contributed by atoms with Crippen molar-refractivity contribution >= 4 is 21.4 Å². The minimum Gasteiger partial charge on any atom is -0.368 e. The molecule has 0 saturated carbocycles. The van der Waals surface area contributed by atoms with Crippen LogP contribution in [0, 0.1) is 0 Å². The van der Waals surface area contributed by atoms with Crippen molar-refractivity contribution in [3.63, 3.8) is 0 Å².